The fourth-order valence-electron chi connectivity index (χ4n) is 6.21. The zero-order valence-corrected chi connectivity index (χ0v) is 46.2. The Morgan fingerprint density at radius 3 is 0.667 bits per heavy atom. The van der Waals surface area contributed by atoms with Crippen LogP contribution in [0.5, 0.6) is 5.75 Å². The molecule has 0 aliphatic heterocycles. The highest BCUT2D eigenvalue weighted by Gasteiger charge is 2.01. The van der Waals surface area contributed by atoms with E-state index in [9.17, 15) is 0 Å². The second kappa shape index (κ2) is 64.7. The monoisotopic (exact) mass is 1090 g/mol. The molecule has 0 aliphatic rings. The van der Waals surface area contributed by atoms with Crippen molar-refractivity contribution in [1.82, 2.24) is 0 Å². The van der Waals surface area contributed by atoms with Crippen molar-refractivity contribution in [1.29, 1.82) is 0 Å². The van der Waals surface area contributed by atoms with Gasteiger partial charge in [0.2, 0.25) is 0 Å². The molecule has 0 spiro atoms. The van der Waals surface area contributed by atoms with Crippen molar-refractivity contribution in [2.75, 3.05) is 264 Å². The van der Waals surface area contributed by atoms with Crippen molar-refractivity contribution >= 4 is 0 Å². The molecular weight excluding hydrogens is 985 g/mol. The largest absolute Gasteiger partial charge is 0.491 e. The van der Waals surface area contributed by atoms with Crippen molar-refractivity contribution in [2.24, 2.45) is 0 Å². The van der Waals surface area contributed by atoms with Gasteiger partial charge in [0.15, 0.2) is 0 Å². The molecule has 1 rings (SSSR count). The summed E-state index contributed by atoms with van der Waals surface area (Å²) in [6.45, 7) is 21.5. The summed E-state index contributed by atoms with van der Waals surface area (Å²) in [5.41, 5.74) is 1.37. The summed E-state index contributed by atoms with van der Waals surface area (Å²) in [7, 11) is 0. The Morgan fingerprint density at radius 2 is 0.440 bits per heavy atom. The molecule has 0 saturated heterocycles. The first-order valence-electron chi connectivity index (χ1n) is 27.7. The van der Waals surface area contributed by atoms with Crippen LogP contribution in [0.2, 0.25) is 0 Å². The maximum Gasteiger partial charge on any atom is 0.119 e. The smallest absolute Gasteiger partial charge is 0.119 e. The number of aryl methyl sites for hydroxylation is 1. The number of benzene rings is 1. The van der Waals surface area contributed by atoms with Crippen LogP contribution in [0.1, 0.15) is 51.0 Å². The molecule has 0 aliphatic carbocycles. The standard InChI is InChI=1S/C54H102O21/c1-2-3-4-5-6-7-8-53-9-11-54(12-10-53)75-52-51-74-50-49-73-48-47-72-46-45-71-44-43-70-42-41-69-40-39-68-38-37-67-36-35-66-34-33-65-32-31-64-30-29-63-28-27-62-26-25-61-24-23-60-22-21-59-20-19-58-18-17-57-16-15-56-14-13-55/h9-12,55H,2-8,13-52H2,1H3. The second-order valence-corrected chi connectivity index (χ2v) is 16.4. The van der Waals surface area contributed by atoms with E-state index in [-0.39, 0.29) is 6.61 Å². The third-order valence-electron chi connectivity index (χ3n) is 10.2. The number of aliphatic hydroxyl groups is 1. The molecule has 75 heavy (non-hydrogen) atoms. The van der Waals surface area contributed by atoms with Gasteiger partial charge in [0.25, 0.3) is 0 Å². The van der Waals surface area contributed by atoms with Crippen LogP contribution in [0.3, 0.4) is 0 Å². The van der Waals surface area contributed by atoms with Gasteiger partial charge in [0, 0.05) is 0 Å². The lowest BCUT2D eigenvalue weighted by atomic mass is 10.0. The molecule has 0 atom stereocenters. The normalized spacial score (nSPS) is 11.7. The van der Waals surface area contributed by atoms with E-state index in [4.69, 9.17) is 99.8 Å². The van der Waals surface area contributed by atoms with Crippen LogP contribution in [0.15, 0.2) is 24.3 Å². The molecule has 0 fully saturated rings. The molecule has 1 aromatic rings. The molecule has 1 N–H and O–H groups in total. The van der Waals surface area contributed by atoms with E-state index in [1.807, 2.05) is 12.1 Å². The summed E-state index contributed by atoms with van der Waals surface area (Å²) in [4.78, 5) is 0. The number of unbranched alkanes of at least 4 members (excludes halogenated alkanes) is 5. The van der Waals surface area contributed by atoms with Crippen LogP contribution in [-0.4, -0.2) is 269 Å². The van der Waals surface area contributed by atoms with Crippen molar-refractivity contribution in [3.05, 3.63) is 29.8 Å². The number of aliphatic hydroxyl groups excluding tert-OH is 1. The van der Waals surface area contributed by atoms with Crippen LogP contribution in [-0.2, 0) is 96.4 Å². The molecule has 0 saturated carbocycles. The molecule has 0 aromatic heterocycles. The first kappa shape index (κ1) is 71.2. The van der Waals surface area contributed by atoms with Gasteiger partial charge in [-0.3, -0.25) is 0 Å². The Balaban J connectivity index is 1.62. The Kier molecular flexibility index (Phi) is 61.5. The highest BCUT2D eigenvalue weighted by Crippen LogP contribution is 2.15. The molecular formula is C54H102O21. The van der Waals surface area contributed by atoms with Gasteiger partial charge < -0.3 is 99.8 Å². The van der Waals surface area contributed by atoms with Crippen LogP contribution in [0.25, 0.3) is 0 Å². The summed E-state index contributed by atoms with van der Waals surface area (Å²) in [5, 5.41) is 8.61. The van der Waals surface area contributed by atoms with Crippen molar-refractivity contribution in [2.45, 2.75) is 51.9 Å². The van der Waals surface area contributed by atoms with Crippen LogP contribution < -0.4 is 4.74 Å². The zero-order valence-electron chi connectivity index (χ0n) is 46.2. The Hall–Kier alpha value is -1.78. The Bertz CT molecular complexity index is 1180. The minimum absolute atomic E-state index is 0.0196. The predicted octanol–water partition coefficient (Wildman–Crippen LogP) is 4.28. The summed E-state index contributed by atoms with van der Waals surface area (Å²) < 4.78 is 110. The van der Waals surface area contributed by atoms with Gasteiger partial charge in [-0.05, 0) is 30.5 Å². The highest BCUT2D eigenvalue weighted by atomic mass is 16.6. The summed E-state index contributed by atoms with van der Waals surface area (Å²) in [6.07, 6.45) is 9.05. The van der Waals surface area contributed by atoms with Crippen molar-refractivity contribution in [3.63, 3.8) is 0 Å². The predicted molar refractivity (Wildman–Crippen MR) is 282 cm³/mol. The zero-order chi connectivity index (χ0) is 53.4. The van der Waals surface area contributed by atoms with E-state index in [0.29, 0.717) is 258 Å². The summed E-state index contributed by atoms with van der Waals surface area (Å²) in [5.74, 6) is 0.880. The van der Waals surface area contributed by atoms with Crippen molar-refractivity contribution in [3.8, 4) is 5.75 Å². The number of rotatable bonds is 67. The molecule has 21 heteroatoms. The first-order valence-corrected chi connectivity index (χ1v) is 27.7. The highest BCUT2D eigenvalue weighted by molar-refractivity contribution is 5.27. The van der Waals surface area contributed by atoms with Crippen LogP contribution in [0.4, 0.5) is 0 Å². The van der Waals surface area contributed by atoms with Gasteiger partial charge in [-0.15, -0.1) is 0 Å². The van der Waals surface area contributed by atoms with Crippen molar-refractivity contribution < 1.29 is 99.8 Å². The van der Waals surface area contributed by atoms with Crippen LogP contribution in [0, 0.1) is 0 Å². The van der Waals surface area contributed by atoms with Gasteiger partial charge in [0.1, 0.15) is 12.4 Å². The third-order valence-corrected chi connectivity index (χ3v) is 10.2. The summed E-state index contributed by atoms with van der Waals surface area (Å²) >= 11 is 0. The molecule has 444 valence electrons. The SMILES string of the molecule is CCCCCCCCc1ccc(OCCOCCOCCOCCOCCOCCOCCOCCOCCOCCOCCOCCOCCOCCOCCOCCOCCOCCOCCOCCO)cc1. The molecule has 21 nitrogen and oxygen atoms in total. The lowest BCUT2D eigenvalue weighted by Gasteiger charge is -2.09. The van der Waals surface area contributed by atoms with Gasteiger partial charge in [0.05, 0.1) is 258 Å². The lowest BCUT2D eigenvalue weighted by Crippen LogP contribution is -2.16. The maximum atomic E-state index is 8.61. The maximum absolute atomic E-state index is 8.61. The third kappa shape index (κ3) is 59.7. The quantitative estimate of drug-likeness (QED) is 0.0905. The van der Waals surface area contributed by atoms with Gasteiger partial charge in [-0.1, -0.05) is 51.2 Å². The second-order valence-electron chi connectivity index (χ2n) is 16.4. The van der Waals surface area contributed by atoms with Gasteiger partial charge >= 0.3 is 0 Å². The molecule has 0 amide bonds. The first-order chi connectivity index (χ1) is 37.4. The molecule has 0 bridgehead atoms. The summed E-state index contributed by atoms with van der Waals surface area (Å²) in [6, 6.07) is 8.43. The van der Waals surface area contributed by atoms with Gasteiger partial charge in [-0.25, -0.2) is 0 Å². The number of ether oxygens (including phenoxy) is 20. The number of hydrogen-bond donors (Lipinski definition) is 1. The fourth-order valence-corrected chi connectivity index (χ4v) is 6.21. The number of hydrogen-bond acceptors (Lipinski definition) is 21. The van der Waals surface area contributed by atoms with E-state index in [2.05, 4.69) is 19.1 Å². The Morgan fingerprint density at radius 1 is 0.240 bits per heavy atom. The topological polar surface area (TPSA) is 205 Å². The van der Waals surface area contributed by atoms with E-state index in [1.54, 1.807) is 0 Å². The minimum Gasteiger partial charge on any atom is -0.491 e. The minimum atomic E-state index is 0.0196. The van der Waals surface area contributed by atoms with Gasteiger partial charge in [-0.2, -0.15) is 0 Å². The van der Waals surface area contributed by atoms with E-state index in [1.165, 1.54) is 44.1 Å². The molecule has 0 heterocycles. The van der Waals surface area contributed by atoms with E-state index < -0.39 is 0 Å². The van der Waals surface area contributed by atoms with E-state index in [0.717, 1.165) is 12.2 Å². The average molecular weight is 1090 g/mol. The Labute approximate surface area is 450 Å². The molecule has 1 aromatic carbocycles. The average Bonchev–Trinajstić information content (AvgIpc) is 3.42. The fraction of sp³-hybridized carbons (Fsp3) is 0.889. The van der Waals surface area contributed by atoms with E-state index >= 15 is 0 Å². The lowest BCUT2D eigenvalue weighted by molar-refractivity contribution is -0.0313. The van der Waals surface area contributed by atoms with Crippen LogP contribution >= 0.6 is 0 Å². The molecule has 0 unspecified atom stereocenters. The molecule has 0 radical (unpaired) electrons.